The molecule has 13 amide bonds. The van der Waals surface area contributed by atoms with E-state index in [1.165, 1.54) is 136 Å². The van der Waals surface area contributed by atoms with Gasteiger partial charge in [0, 0.05) is 180 Å². The maximum absolute atomic E-state index is 13.8. The van der Waals surface area contributed by atoms with Crippen LogP contribution in [0.4, 0.5) is 39.2 Å². The number of aromatic carboxylic acids is 2. The van der Waals surface area contributed by atoms with Crippen LogP contribution >= 0.6 is 45.3 Å². The molecule has 41 nitrogen and oxygen atoms in total. The van der Waals surface area contributed by atoms with Gasteiger partial charge in [0.05, 0.1) is 83.0 Å². The third-order valence-electron chi connectivity index (χ3n) is 24.1. The van der Waals surface area contributed by atoms with Crippen molar-refractivity contribution in [1.29, 1.82) is 0 Å². The predicted molar refractivity (Wildman–Crippen MR) is 562 cm³/mol. The third kappa shape index (κ3) is 24.7. The number of esters is 1. The van der Waals surface area contributed by atoms with Crippen LogP contribution in [0.25, 0.3) is 40.3 Å². The molecule has 4 aliphatic heterocycles. The number of nitrogens with zero attached hydrogens (tertiary/aromatic N) is 9. The Morgan fingerprint density at radius 2 is 0.633 bits per heavy atom. The number of thiophene rings is 4. The molecule has 778 valence electrons. The highest BCUT2D eigenvalue weighted by Crippen LogP contribution is 2.44. The van der Waals surface area contributed by atoms with Gasteiger partial charge >= 0.3 is 42.0 Å². The number of amides is 13. The first-order chi connectivity index (χ1) is 70.4. The zero-order valence-corrected chi connectivity index (χ0v) is 87.7. The summed E-state index contributed by atoms with van der Waals surface area (Å²) >= 11 is 5.15. The minimum absolute atomic E-state index is 0.0170. The molecule has 0 bridgehead atoms. The number of carboxylic acids is 2. The van der Waals surface area contributed by atoms with E-state index in [2.05, 4.69) is 42.5 Å². The van der Waals surface area contributed by atoms with Gasteiger partial charge in [-0.3, -0.25) is 45.2 Å². The van der Waals surface area contributed by atoms with Crippen LogP contribution in [0.2, 0.25) is 0 Å². The van der Waals surface area contributed by atoms with Crippen LogP contribution in [0, 0.1) is 0 Å². The van der Waals surface area contributed by atoms with Crippen LogP contribution in [0.1, 0.15) is 124 Å². The molecule has 0 unspecified atom stereocenters. The Labute approximate surface area is 863 Å². The molecule has 0 spiro atoms. The third-order valence-corrected chi connectivity index (χ3v) is 36.2. The van der Waals surface area contributed by atoms with Crippen molar-refractivity contribution in [1.82, 2.24) is 63.0 Å². The quantitative estimate of drug-likeness (QED) is 0.0214. The van der Waals surface area contributed by atoms with Crippen molar-refractivity contribution in [2.75, 3.05) is 179 Å². The topological polar surface area (TPSA) is 526 Å². The number of nitrogens with one attached hydrogen (secondary N) is 8. The molecule has 8 aromatic carbocycles. The van der Waals surface area contributed by atoms with E-state index < -0.39 is 82.1 Å². The van der Waals surface area contributed by atoms with Gasteiger partial charge in [0.15, 0.2) is 0 Å². The van der Waals surface area contributed by atoms with Crippen molar-refractivity contribution in [2.24, 2.45) is 0 Å². The van der Waals surface area contributed by atoms with E-state index in [0.29, 0.717) is 98.0 Å². The fourth-order valence-electron chi connectivity index (χ4n) is 16.7. The minimum atomic E-state index is -4.05. The molecule has 0 radical (unpaired) electrons. The summed E-state index contributed by atoms with van der Waals surface area (Å²) in [4.78, 5) is 159. The van der Waals surface area contributed by atoms with Gasteiger partial charge in [-0.05, 0) is 120 Å². The molecule has 4 saturated heterocycles. The lowest BCUT2D eigenvalue weighted by molar-refractivity contribution is 0.0593. The molecular weight excluding hydrogens is 2060 g/mol. The molecule has 0 saturated carbocycles. The number of methoxy groups -OCH3 is 2. The van der Waals surface area contributed by atoms with E-state index in [0.717, 1.165) is 35.6 Å². The van der Waals surface area contributed by atoms with Crippen LogP contribution in [-0.2, 0) is 44.8 Å². The second kappa shape index (κ2) is 48.9. The van der Waals surface area contributed by atoms with Gasteiger partial charge in [0.2, 0.25) is 40.1 Å². The first kappa shape index (κ1) is 110. The van der Waals surface area contributed by atoms with Crippen LogP contribution < -0.4 is 47.3 Å². The van der Waals surface area contributed by atoms with Crippen LogP contribution in [-0.4, -0.2) is 315 Å². The van der Waals surface area contributed by atoms with Gasteiger partial charge in [0.25, 0.3) is 29.5 Å². The zero-order valence-electron chi connectivity index (χ0n) is 81.1. The summed E-state index contributed by atoms with van der Waals surface area (Å²) in [5.74, 6) is -4.23. The summed E-state index contributed by atoms with van der Waals surface area (Å²) < 4.78 is 125. The number of hydrogen-bond acceptors (Lipinski definition) is 26. The normalized spacial score (nSPS) is 14.4. The van der Waals surface area contributed by atoms with E-state index >= 15 is 0 Å². The fourth-order valence-corrected chi connectivity index (χ4v) is 27.5. The zero-order chi connectivity index (χ0) is 106. The first-order valence-corrected chi connectivity index (χ1v) is 55.7. The molecule has 10 N–H and O–H groups in total. The number of carboxylic acid groups (broad SMARTS) is 2. The number of carbonyl (C=O) groups is 12. The average molecular weight is 2170 g/mol. The van der Waals surface area contributed by atoms with Gasteiger partial charge in [0.1, 0.15) is 25.8 Å². The second-order valence-corrected chi connectivity index (χ2v) is 44.7. The largest absolute Gasteiger partial charge is 0.495 e. The molecular formula is C98H109N17O24S8. The number of hydrogen-bond donors (Lipinski definition) is 10. The standard InChI is InChI=1S/C28H35N5O6S2.C24H26N4O6S2.2C23H24N4O6S2/c1-5-29-28(36)30-25-23(20-12-10-13-21(39-4)24(20)40-25)27(35)32-15-17-33(18-16-32)41(37,38)22-14-9-8-11-19(22)26(34)31(6-2)7-3;1-3-25-24(31)26-21-20(16-8-4-6-10-18(16)35-21)22(29)27-12-14-28(15-13-27)36(32,33)19-11-7-5-9-17(19)23(30)34-2;1-2-24-23(31)25-20-19(15-7-3-5-9-17(15)34-20)21(28)26-11-13-27(14-12-26)35(32,33)18-10-6-4-8-16(18)22(29)30;1-2-24-23(31)25-20-19(17-8-3-4-9-18(17)34-20)21(28)26-10-12-27(13-11-26)35(32,33)16-7-5-6-15(14-16)22(29)30/h8-14H,5-7,15-18H2,1-4H3,(H2,29,30,36);4-11H,3,12-15H2,1-2H3,(H2,25,26,31);3-10H,2,11-14H2,1H3,(H,29,30)(H2,24,25,31);3-9,14H,2,10-13H2,1H3,(H,29,30)(H2,24,25,31). The van der Waals surface area contributed by atoms with Crippen molar-refractivity contribution >= 4 is 217 Å². The fraction of sp³-hybridized carbons (Fsp3) is 0.306. The van der Waals surface area contributed by atoms with E-state index in [9.17, 15) is 101 Å². The Morgan fingerprint density at radius 1 is 0.333 bits per heavy atom. The van der Waals surface area contributed by atoms with Crippen LogP contribution in [0.15, 0.2) is 208 Å². The maximum Gasteiger partial charge on any atom is 0.339 e. The van der Waals surface area contributed by atoms with Crippen molar-refractivity contribution in [3.63, 3.8) is 0 Å². The number of sulfonamides is 4. The number of ether oxygens (including phenoxy) is 2. The lowest BCUT2D eigenvalue weighted by Crippen LogP contribution is -2.50. The molecule has 49 heteroatoms. The molecule has 16 rings (SSSR count). The smallest absolute Gasteiger partial charge is 0.339 e. The van der Waals surface area contributed by atoms with Gasteiger partial charge in [-0.2, -0.15) is 17.2 Å². The highest BCUT2D eigenvalue weighted by molar-refractivity contribution is 7.90. The predicted octanol–water partition coefficient (Wildman–Crippen LogP) is 12.4. The number of rotatable bonds is 27. The average Bonchev–Trinajstić information content (AvgIpc) is 1.80. The summed E-state index contributed by atoms with van der Waals surface area (Å²) in [7, 11) is -13.2. The molecule has 4 fully saturated rings. The van der Waals surface area contributed by atoms with E-state index in [1.807, 2.05) is 86.6 Å². The summed E-state index contributed by atoms with van der Waals surface area (Å²) in [5.41, 5.74) is 1.15. The SMILES string of the molecule is CCNC(=O)Nc1sc2c(OC)cccc2c1C(=O)N1CCN(S(=O)(=O)c2ccccc2C(=O)N(CC)CC)CC1.CCNC(=O)Nc1sc2ccccc2c1C(=O)N1CCN(S(=O)(=O)c2cccc(C(=O)O)c2)CC1.CCNC(=O)Nc1sc2ccccc2c1C(=O)N1CCN(S(=O)(=O)c2ccccc2C(=O)O)CC1.CCNC(=O)Nc1sc2ccccc2c1C(=O)N1CCN(S(=O)(=O)c2ccccc2C(=O)OC)CC1. The Bertz CT molecular complexity index is 7490. The number of benzene rings is 8. The molecule has 0 aliphatic carbocycles. The van der Waals surface area contributed by atoms with Crippen LogP contribution in [0.3, 0.4) is 0 Å². The highest BCUT2D eigenvalue weighted by atomic mass is 32.2. The number of piperazine rings is 4. The lowest BCUT2D eigenvalue weighted by Gasteiger charge is -2.34. The number of carbonyl (C=O) groups excluding carboxylic acids is 10. The van der Waals surface area contributed by atoms with E-state index in [-0.39, 0.29) is 176 Å². The molecule has 12 aromatic rings. The summed E-state index contributed by atoms with van der Waals surface area (Å²) in [6, 6.07) is 48.6. The van der Waals surface area contributed by atoms with E-state index in [1.54, 1.807) is 102 Å². The summed E-state index contributed by atoms with van der Waals surface area (Å²) in [6.07, 6.45) is 0. The van der Waals surface area contributed by atoms with Gasteiger partial charge in [-0.1, -0.05) is 109 Å². The summed E-state index contributed by atoms with van der Waals surface area (Å²) in [6.45, 7) is 15.1. The van der Waals surface area contributed by atoms with Gasteiger partial charge in [-0.15, -0.1) is 45.3 Å². The van der Waals surface area contributed by atoms with E-state index in [4.69, 9.17) is 9.47 Å². The number of urea groups is 4. The number of anilines is 4. The van der Waals surface area contributed by atoms with Gasteiger partial charge in [-0.25, -0.2) is 67.2 Å². The van der Waals surface area contributed by atoms with Crippen LogP contribution in [0.5, 0.6) is 5.75 Å². The van der Waals surface area contributed by atoms with Crippen molar-refractivity contribution in [3.05, 3.63) is 233 Å². The minimum Gasteiger partial charge on any atom is -0.495 e. The van der Waals surface area contributed by atoms with Crippen molar-refractivity contribution in [3.8, 4) is 5.75 Å². The number of fused-ring (bicyclic) bond motifs is 4. The molecule has 4 aliphatic rings. The molecule has 8 heterocycles. The maximum atomic E-state index is 13.8. The molecule has 4 aromatic heterocycles. The monoisotopic (exact) mass is 2160 g/mol. The second-order valence-electron chi connectivity index (χ2n) is 32.9. The first-order valence-electron chi connectivity index (χ1n) is 46.6. The van der Waals surface area contributed by atoms with Crippen molar-refractivity contribution in [2.45, 2.75) is 61.1 Å². The molecule has 0 atom stereocenters. The van der Waals surface area contributed by atoms with Crippen molar-refractivity contribution < 1.29 is 111 Å². The van der Waals surface area contributed by atoms with Gasteiger partial charge < -0.3 is 65.5 Å². The molecule has 147 heavy (non-hydrogen) atoms. The highest BCUT2D eigenvalue weighted by Gasteiger charge is 2.41. The Kier molecular flexibility index (Phi) is 36.6. The Morgan fingerprint density at radius 3 is 0.973 bits per heavy atom. The lowest BCUT2D eigenvalue weighted by atomic mass is 10.1. The Hall–Kier alpha value is -14.1. The Balaban J connectivity index is 0.000000164. The summed E-state index contributed by atoms with van der Waals surface area (Å²) in [5, 5.41) is 44.7.